The SMILES string of the molecule is Cc1cc([C@@H](C)NC(=O)[C@@H](Cc2ccccc2)NC(=O)c2ccccc2)c(C)s1. The van der Waals surface area contributed by atoms with Crippen LogP contribution in [0.15, 0.2) is 66.7 Å². The van der Waals surface area contributed by atoms with E-state index in [1.54, 1.807) is 23.5 Å². The van der Waals surface area contributed by atoms with Gasteiger partial charge in [0.25, 0.3) is 5.91 Å². The Morgan fingerprint density at radius 3 is 2.14 bits per heavy atom. The summed E-state index contributed by atoms with van der Waals surface area (Å²) in [6, 6.07) is 20.0. The van der Waals surface area contributed by atoms with Crippen LogP contribution in [0.25, 0.3) is 0 Å². The average Bonchev–Trinajstić information content (AvgIpc) is 3.07. The molecule has 0 bridgehead atoms. The third-order valence-electron chi connectivity index (χ3n) is 4.85. The summed E-state index contributed by atoms with van der Waals surface area (Å²) in [4.78, 5) is 28.2. The van der Waals surface area contributed by atoms with Gasteiger partial charge >= 0.3 is 0 Å². The van der Waals surface area contributed by atoms with Gasteiger partial charge in [-0.15, -0.1) is 11.3 Å². The number of benzene rings is 2. The molecule has 5 heteroatoms. The van der Waals surface area contributed by atoms with E-state index in [2.05, 4.69) is 30.5 Å². The van der Waals surface area contributed by atoms with E-state index in [0.717, 1.165) is 11.1 Å². The molecule has 150 valence electrons. The highest BCUT2D eigenvalue weighted by Gasteiger charge is 2.24. The zero-order valence-corrected chi connectivity index (χ0v) is 17.8. The summed E-state index contributed by atoms with van der Waals surface area (Å²) in [5.41, 5.74) is 2.65. The second-order valence-electron chi connectivity index (χ2n) is 7.18. The Morgan fingerprint density at radius 2 is 1.55 bits per heavy atom. The number of amides is 2. The fraction of sp³-hybridized carbons (Fsp3) is 0.250. The summed E-state index contributed by atoms with van der Waals surface area (Å²) in [6.45, 7) is 6.10. The maximum atomic E-state index is 13.1. The molecule has 2 N–H and O–H groups in total. The van der Waals surface area contributed by atoms with Gasteiger partial charge in [0.2, 0.25) is 5.91 Å². The third kappa shape index (κ3) is 5.55. The zero-order chi connectivity index (χ0) is 20.8. The molecule has 3 rings (SSSR count). The van der Waals surface area contributed by atoms with Crippen molar-refractivity contribution < 1.29 is 9.59 Å². The number of thiophene rings is 1. The van der Waals surface area contributed by atoms with E-state index in [1.165, 1.54) is 9.75 Å². The van der Waals surface area contributed by atoms with Crippen LogP contribution in [0.4, 0.5) is 0 Å². The Kier molecular flexibility index (Phi) is 6.83. The maximum Gasteiger partial charge on any atom is 0.251 e. The number of hydrogen-bond donors (Lipinski definition) is 2. The molecule has 0 fully saturated rings. The lowest BCUT2D eigenvalue weighted by Gasteiger charge is -2.22. The molecule has 1 aromatic heterocycles. The molecule has 0 saturated carbocycles. The van der Waals surface area contributed by atoms with Crippen molar-refractivity contribution in [3.8, 4) is 0 Å². The van der Waals surface area contributed by atoms with Crippen LogP contribution in [0.1, 0.15) is 44.2 Å². The smallest absolute Gasteiger partial charge is 0.251 e. The summed E-state index contributed by atoms with van der Waals surface area (Å²) in [5.74, 6) is -0.439. The summed E-state index contributed by atoms with van der Waals surface area (Å²) >= 11 is 1.72. The van der Waals surface area contributed by atoms with Gasteiger partial charge < -0.3 is 10.6 Å². The minimum Gasteiger partial charge on any atom is -0.348 e. The van der Waals surface area contributed by atoms with E-state index in [0.29, 0.717) is 12.0 Å². The highest BCUT2D eigenvalue weighted by atomic mass is 32.1. The lowest BCUT2D eigenvalue weighted by molar-refractivity contribution is -0.123. The Labute approximate surface area is 176 Å². The monoisotopic (exact) mass is 406 g/mol. The van der Waals surface area contributed by atoms with Gasteiger partial charge in [-0.2, -0.15) is 0 Å². The lowest BCUT2D eigenvalue weighted by atomic mass is 10.0. The fourth-order valence-electron chi connectivity index (χ4n) is 3.36. The highest BCUT2D eigenvalue weighted by molar-refractivity contribution is 7.12. The number of carbonyl (C=O) groups is 2. The predicted molar refractivity (Wildman–Crippen MR) is 118 cm³/mol. The van der Waals surface area contributed by atoms with E-state index in [-0.39, 0.29) is 17.9 Å². The first kappa shape index (κ1) is 20.8. The molecule has 1 heterocycles. The van der Waals surface area contributed by atoms with Gasteiger partial charge in [0.1, 0.15) is 6.04 Å². The van der Waals surface area contributed by atoms with Crippen molar-refractivity contribution in [2.75, 3.05) is 0 Å². The number of hydrogen-bond acceptors (Lipinski definition) is 3. The van der Waals surface area contributed by atoms with Gasteiger partial charge in [0.05, 0.1) is 6.04 Å². The Balaban J connectivity index is 1.76. The number of nitrogens with one attached hydrogen (secondary N) is 2. The van der Waals surface area contributed by atoms with Gasteiger partial charge in [-0.3, -0.25) is 9.59 Å². The molecule has 3 aromatic rings. The van der Waals surface area contributed by atoms with Crippen LogP contribution in [0.3, 0.4) is 0 Å². The van der Waals surface area contributed by atoms with Crippen molar-refractivity contribution in [1.29, 1.82) is 0 Å². The van der Waals surface area contributed by atoms with Crippen molar-refractivity contribution in [2.24, 2.45) is 0 Å². The standard InChI is InChI=1S/C24H26N2O2S/c1-16-14-21(18(3)29-16)17(2)25-24(28)22(15-19-10-6-4-7-11-19)26-23(27)20-12-8-5-9-13-20/h4-14,17,22H,15H2,1-3H3,(H,25,28)(H,26,27)/t17-,22-/m1/s1. The molecular weight excluding hydrogens is 380 g/mol. The first-order chi connectivity index (χ1) is 13.9. The van der Waals surface area contributed by atoms with Crippen LogP contribution < -0.4 is 10.6 Å². The van der Waals surface area contributed by atoms with Crippen molar-refractivity contribution in [3.05, 3.63) is 93.2 Å². The molecule has 2 atom stereocenters. The van der Waals surface area contributed by atoms with Gasteiger partial charge in [0.15, 0.2) is 0 Å². The minimum atomic E-state index is -0.660. The van der Waals surface area contributed by atoms with Crippen molar-refractivity contribution in [2.45, 2.75) is 39.3 Å². The lowest BCUT2D eigenvalue weighted by Crippen LogP contribution is -2.48. The zero-order valence-electron chi connectivity index (χ0n) is 16.9. The van der Waals surface area contributed by atoms with Gasteiger partial charge in [-0.25, -0.2) is 0 Å². The second kappa shape index (κ2) is 9.52. The van der Waals surface area contributed by atoms with Gasteiger partial charge in [0, 0.05) is 21.7 Å². The maximum absolute atomic E-state index is 13.1. The van der Waals surface area contributed by atoms with Gasteiger partial charge in [-0.05, 0) is 50.1 Å². The number of aryl methyl sites for hydroxylation is 2. The van der Waals surface area contributed by atoms with E-state index in [4.69, 9.17) is 0 Å². The van der Waals surface area contributed by atoms with Crippen molar-refractivity contribution in [1.82, 2.24) is 10.6 Å². The topological polar surface area (TPSA) is 58.2 Å². The van der Waals surface area contributed by atoms with Crippen molar-refractivity contribution in [3.63, 3.8) is 0 Å². The largest absolute Gasteiger partial charge is 0.348 e. The van der Waals surface area contributed by atoms with Crippen LogP contribution >= 0.6 is 11.3 Å². The molecule has 0 spiro atoms. The Hall–Kier alpha value is -2.92. The van der Waals surface area contributed by atoms with Crippen LogP contribution in [0, 0.1) is 13.8 Å². The molecule has 2 aromatic carbocycles. The summed E-state index contributed by atoms with van der Waals surface area (Å²) in [6.07, 6.45) is 0.430. The van der Waals surface area contributed by atoms with E-state index in [9.17, 15) is 9.59 Å². The van der Waals surface area contributed by atoms with Crippen LogP contribution in [0.5, 0.6) is 0 Å². The molecule has 0 unspecified atom stereocenters. The average molecular weight is 407 g/mol. The van der Waals surface area contributed by atoms with Crippen molar-refractivity contribution >= 4 is 23.2 Å². The van der Waals surface area contributed by atoms with E-state index < -0.39 is 6.04 Å². The molecular formula is C24H26N2O2S. The second-order valence-corrected chi connectivity index (χ2v) is 8.64. The van der Waals surface area contributed by atoms with E-state index in [1.807, 2.05) is 55.5 Å². The Bertz CT molecular complexity index is 967. The van der Waals surface area contributed by atoms with Gasteiger partial charge in [-0.1, -0.05) is 48.5 Å². The summed E-state index contributed by atoms with van der Waals surface area (Å²) in [5, 5.41) is 5.99. The Morgan fingerprint density at radius 1 is 0.931 bits per heavy atom. The first-order valence-corrected chi connectivity index (χ1v) is 10.5. The number of carbonyl (C=O) groups excluding carboxylic acids is 2. The van der Waals surface area contributed by atoms with Crippen LogP contribution in [-0.4, -0.2) is 17.9 Å². The molecule has 4 nitrogen and oxygen atoms in total. The number of rotatable bonds is 7. The molecule has 0 saturated heterocycles. The molecule has 0 radical (unpaired) electrons. The predicted octanol–water partition coefficient (Wildman–Crippen LogP) is 4.58. The summed E-state index contributed by atoms with van der Waals surface area (Å²) in [7, 11) is 0. The van der Waals surface area contributed by atoms with Crippen LogP contribution in [0.2, 0.25) is 0 Å². The third-order valence-corrected chi connectivity index (χ3v) is 5.83. The fourth-order valence-corrected chi connectivity index (χ4v) is 4.38. The molecule has 2 amide bonds. The minimum absolute atomic E-state index is 0.126. The van der Waals surface area contributed by atoms with Crippen LogP contribution in [-0.2, 0) is 11.2 Å². The molecule has 0 aliphatic rings. The molecule has 29 heavy (non-hydrogen) atoms. The highest BCUT2D eigenvalue weighted by Crippen LogP contribution is 2.26. The normalized spacial score (nSPS) is 12.8. The molecule has 0 aliphatic carbocycles. The summed E-state index contributed by atoms with van der Waals surface area (Å²) < 4.78 is 0. The quantitative estimate of drug-likeness (QED) is 0.603. The van der Waals surface area contributed by atoms with E-state index >= 15 is 0 Å². The molecule has 0 aliphatic heterocycles. The first-order valence-electron chi connectivity index (χ1n) is 9.71.